The molecular formula is C17H18N4O. The zero-order valence-electron chi connectivity index (χ0n) is 12.4. The number of hydrogen-bond acceptors (Lipinski definition) is 5. The van der Waals surface area contributed by atoms with E-state index < -0.39 is 0 Å². The fourth-order valence-electron chi connectivity index (χ4n) is 1.93. The van der Waals surface area contributed by atoms with Gasteiger partial charge in [-0.25, -0.2) is 0 Å². The van der Waals surface area contributed by atoms with Crippen LogP contribution in [0.3, 0.4) is 0 Å². The summed E-state index contributed by atoms with van der Waals surface area (Å²) in [6.45, 7) is 0.530. The minimum absolute atomic E-state index is 0.530. The van der Waals surface area contributed by atoms with Crippen molar-refractivity contribution in [1.82, 2.24) is 10.2 Å². The fourth-order valence-corrected chi connectivity index (χ4v) is 1.93. The molecule has 0 unspecified atom stereocenters. The molecule has 0 atom stereocenters. The van der Waals surface area contributed by atoms with Crippen LogP contribution in [0.25, 0.3) is 0 Å². The Morgan fingerprint density at radius 3 is 2.68 bits per heavy atom. The molecule has 22 heavy (non-hydrogen) atoms. The maximum Gasteiger partial charge on any atom is 0.137 e. The van der Waals surface area contributed by atoms with Crippen LogP contribution < -0.4 is 0 Å². The third kappa shape index (κ3) is 4.98. The summed E-state index contributed by atoms with van der Waals surface area (Å²) in [7, 11) is 0. The first-order valence-electron chi connectivity index (χ1n) is 7.32. The normalized spacial score (nSPS) is 11.0. The molecule has 0 amide bonds. The van der Waals surface area contributed by atoms with Crippen molar-refractivity contribution in [1.29, 1.82) is 5.26 Å². The van der Waals surface area contributed by atoms with Gasteiger partial charge in [0.2, 0.25) is 0 Å². The third-order valence-electron chi connectivity index (χ3n) is 3.04. The fraction of sp³-hybridized carbons (Fsp3) is 0.294. The highest BCUT2D eigenvalue weighted by Gasteiger charge is 2.09. The van der Waals surface area contributed by atoms with Gasteiger partial charge in [-0.05, 0) is 31.4 Å². The van der Waals surface area contributed by atoms with Gasteiger partial charge >= 0.3 is 0 Å². The van der Waals surface area contributed by atoms with Crippen LogP contribution in [0.2, 0.25) is 0 Å². The molecule has 112 valence electrons. The van der Waals surface area contributed by atoms with Crippen LogP contribution in [0.1, 0.15) is 36.9 Å². The highest BCUT2D eigenvalue weighted by molar-refractivity contribution is 6.11. The molecule has 0 aliphatic carbocycles. The number of rotatable bonds is 8. The van der Waals surface area contributed by atoms with Crippen LogP contribution in [0.5, 0.6) is 0 Å². The average molecular weight is 294 g/mol. The smallest absolute Gasteiger partial charge is 0.137 e. The van der Waals surface area contributed by atoms with Gasteiger partial charge in [-0.2, -0.15) is 10.4 Å². The molecule has 2 rings (SSSR count). The van der Waals surface area contributed by atoms with Crippen molar-refractivity contribution in [3.05, 3.63) is 59.9 Å². The SMILES string of the molecule is N#CCCCCCO/N=C(/c1ccccc1)c1cccnn1. The van der Waals surface area contributed by atoms with Crippen LogP contribution in [-0.2, 0) is 4.84 Å². The minimum atomic E-state index is 0.530. The predicted octanol–water partition coefficient (Wildman–Crippen LogP) is 3.33. The Hall–Kier alpha value is -2.74. The lowest BCUT2D eigenvalue weighted by atomic mass is 10.1. The largest absolute Gasteiger partial charge is 0.395 e. The summed E-state index contributed by atoms with van der Waals surface area (Å²) in [6, 6.07) is 15.6. The minimum Gasteiger partial charge on any atom is -0.395 e. The Kier molecular flexibility index (Phi) is 6.57. The number of oxime groups is 1. The zero-order chi connectivity index (χ0) is 15.5. The molecule has 5 nitrogen and oxygen atoms in total. The van der Waals surface area contributed by atoms with E-state index in [1.807, 2.05) is 42.5 Å². The van der Waals surface area contributed by atoms with E-state index >= 15 is 0 Å². The van der Waals surface area contributed by atoms with Crippen LogP contribution >= 0.6 is 0 Å². The summed E-state index contributed by atoms with van der Waals surface area (Å²) in [6.07, 6.45) is 4.97. The Morgan fingerprint density at radius 1 is 1.09 bits per heavy atom. The Labute approximate surface area is 130 Å². The van der Waals surface area contributed by atoms with Gasteiger partial charge in [-0.1, -0.05) is 35.5 Å². The van der Waals surface area contributed by atoms with Gasteiger partial charge in [0.05, 0.1) is 6.07 Å². The van der Waals surface area contributed by atoms with E-state index in [9.17, 15) is 0 Å². The van der Waals surface area contributed by atoms with Crippen molar-refractivity contribution >= 4 is 5.71 Å². The van der Waals surface area contributed by atoms with Crippen molar-refractivity contribution in [3.8, 4) is 6.07 Å². The molecule has 5 heteroatoms. The topological polar surface area (TPSA) is 71.2 Å². The summed E-state index contributed by atoms with van der Waals surface area (Å²) >= 11 is 0. The first-order valence-corrected chi connectivity index (χ1v) is 7.32. The first kappa shape index (κ1) is 15.6. The quantitative estimate of drug-likeness (QED) is 0.425. The van der Waals surface area contributed by atoms with E-state index in [4.69, 9.17) is 10.1 Å². The van der Waals surface area contributed by atoms with Crippen molar-refractivity contribution in [2.75, 3.05) is 6.61 Å². The molecule has 2 aromatic rings. The van der Waals surface area contributed by atoms with Gasteiger partial charge in [-0.3, -0.25) is 0 Å². The lowest BCUT2D eigenvalue weighted by Gasteiger charge is -2.06. The van der Waals surface area contributed by atoms with Crippen molar-refractivity contribution in [2.45, 2.75) is 25.7 Å². The second-order valence-electron chi connectivity index (χ2n) is 4.72. The number of benzene rings is 1. The lowest BCUT2D eigenvalue weighted by molar-refractivity contribution is 0.140. The highest BCUT2D eigenvalue weighted by atomic mass is 16.6. The summed E-state index contributed by atoms with van der Waals surface area (Å²) in [5, 5.41) is 20.7. The molecule has 0 saturated heterocycles. The van der Waals surface area contributed by atoms with Gasteiger partial charge in [0.25, 0.3) is 0 Å². The molecule has 0 aliphatic rings. The van der Waals surface area contributed by atoms with E-state index in [-0.39, 0.29) is 0 Å². The number of hydrogen-bond donors (Lipinski definition) is 0. The molecule has 0 bridgehead atoms. The summed E-state index contributed by atoms with van der Waals surface area (Å²) in [5.41, 5.74) is 2.29. The van der Waals surface area contributed by atoms with E-state index in [2.05, 4.69) is 21.4 Å². The Bertz CT molecular complexity index is 579. The van der Waals surface area contributed by atoms with Gasteiger partial charge in [0.15, 0.2) is 0 Å². The second kappa shape index (κ2) is 9.24. The molecular weight excluding hydrogens is 276 g/mol. The molecule has 0 aliphatic heterocycles. The monoisotopic (exact) mass is 294 g/mol. The number of aromatic nitrogens is 2. The zero-order valence-corrected chi connectivity index (χ0v) is 12.4. The third-order valence-corrected chi connectivity index (χ3v) is 3.04. The highest BCUT2D eigenvalue weighted by Crippen LogP contribution is 2.09. The van der Waals surface area contributed by atoms with Gasteiger partial charge in [0.1, 0.15) is 18.0 Å². The Balaban J connectivity index is 2.00. The van der Waals surface area contributed by atoms with Crippen LogP contribution in [0.15, 0.2) is 53.8 Å². The van der Waals surface area contributed by atoms with E-state index in [0.29, 0.717) is 24.4 Å². The number of unbranched alkanes of at least 4 members (excludes halogenated alkanes) is 3. The lowest BCUT2D eigenvalue weighted by Crippen LogP contribution is -2.07. The molecule has 0 N–H and O–H groups in total. The molecule has 0 spiro atoms. The van der Waals surface area contributed by atoms with Crippen molar-refractivity contribution in [3.63, 3.8) is 0 Å². The summed E-state index contributed by atoms with van der Waals surface area (Å²) in [4.78, 5) is 5.42. The van der Waals surface area contributed by atoms with Crippen LogP contribution in [0.4, 0.5) is 0 Å². The first-order chi connectivity index (χ1) is 10.9. The maximum atomic E-state index is 8.48. The molecule has 0 radical (unpaired) electrons. The summed E-state index contributed by atoms with van der Waals surface area (Å²) in [5.74, 6) is 0. The average Bonchev–Trinajstić information content (AvgIpc) is 2.59. The van der Waals surface area contributed by atoms with Crippen molar-refractivity contribution in [2.24, 2.45) is 5.16 Å². The summed E-state index contributed by atoms with van der Waals surface area (Å²) < 4.78 is 0. The van der Waals surface area contributed by atoms with Gasteiger partial charge in [-0.15, -0.1) is 5.10 Å². The van der Waals surface area contributed by atoms with E-state index in [1.165, 1.54) is 0 Å². The van der Waals surface area contributed by atoms with E-state index in [0.717, 1.165) is 24.8 Å². The molecule has 0 fully saturated rings. The van der Waals surface area contributed by atoms with Crippen molar-refractivity contribution < 1.29 is 4.84 Å². The van der Waals surface area contributed by atoms with Gasteiger partial charge in [0, 0.05) is 18.2 Å². The van der Waals surface area contributed by atoms with Crippen LogP contribution in [-0.4, -0.2) is 22.5 Å². The number of nitrogens with zero attached hydrogens (tertiary/aromatic N) is 4. The Morgan fingerprint density at radius 2 is 1.95 bits per heavy atom. The molecule has 1 heterocycles. The predicted molar refractivity (Wildman–Crippen MR) is 84.1 cm³/mol. The van der Waals surface area contributed by atoms with E-state index in [1.54, 1.807) is 6.20 Å². The van der Waals surface area contributed by atoms with Crippen LogP contribution in [0, 0.1) is 11.3 Å². The second-order valence-corrected chi connectivity index (χ2v) is 4.72. The molecule has 1 aromatic heterocycles. The maximum absolute atomic E-state index is 8.48. The number of nitriles is 1. The van der Waals surface area contributed by atoms with Gasteiger partial charge < -0.3 is 4.84 Å². The standard InChI is InChI=1S/C17H18N4O/c18-12-6-1-2-7-14-22-21-17(15-9-4-3-5-10-15)16-11-8-13-19-20-16/h3-5,8-11,13H,1-2,6-7,14H2/b21-17-. The molecule has 0 saturated carbocycles. The molecule has 1 aromatic carbocycles.